The molecular weight excluding hydrogens is 411 g/mol. The summed E-state index contributed by atoms with van der Waals surface area (Å²) >= 11 is 12.5. The minimum atomic E-state index is -0.669. The highest BCUT2D eigenvalue weighted by Gasteiger charge is 2.27. The normalized spacial score (nSPS) is 11.8. The van der Waals surface area contributed by atoms with Crippen molar-refractivity contribution in [2.24, 2.45) is 0 Å². The predicted molar refractivity (Wildman–Crippen MR) is 116 cm³/mol. The molecule has 0 fully saturated rings. The Bertz CT molecular complexity index is 851. The van der Waals surface area contributed by atoms with Crippen molar-refractivity contribution in [2.45, 2.75) is 45.8 Å². The minimum Gasteiger partial charge on any atom is -0.497 e. The van der Waals surface area contributed by atoms with E-state index in [1.165, 1.54) is 4.90 Å². The molecule has 7 heteroatoms. The number of nitrogens with one attached hydrogen (secondary N) is 1. The first-order chi connectivity index (χ1) is 13.7. The van der Waals surface area contributed by atoms with E-state index in [2.05, 4.69) is 5.32 Å². The molecule has 156 valence electrons. The maximum Gasteiger partial charge on any atom is 0.242 e. The molecule has 0 spiro atoms. The molecule has 1 N–H and O–H groups in total. The average molecular weight is 437 g/mol. The van der Waals surface area contributed by atoms with Crippen molar-refractivity contribution in [3.63, 3.8) is 0 Å². The zero-order valence-electron chi connectivity index (χ0n) is 17.0. The minimum absolute atomic E-state index is 0.00176. The van der Waals surface area contributed by atoms with Gasteiger partial charge in [-0.2, -0.15) is 0 Å². The summed E-state index contributed by atoms with van der Waals surface area (Å²) in [6, 6.07) is 11.8. The summed E-state index contributed by atoms with van der Waals surface area (Å²) < 4.78 is 5.27. The van der Waals surface area contributed by atoms with Crippen LogP contribution >= 0.6 is 23.2 Å². The Morgan fingerprint density at radius 1 is 1.07 bits per heavy atom. The molecule has 5 nitrogen and oxygen atoms in total. The standard InChI is InChI=1S/C22H26Cl2N2O3/c1-14(2)25-22(28)15(3)26(13-16-7-5-8-17(11-16)29-4)21(27)12-18-19(23)9-6-10-20(18)24/h5-11,14-15H,12-13H2,1-4H3,(H,25,28)/t15-/m0/s1. The van der Waals surface area contributed by atoms with Crippen LogP contribution < -0.4 is 10.1 Å². The van der Waals surface area contributed by atoms with E-state index in [0.717, 1.165) is 5.56 Å². The van der Waals surface area contributed by atoms with Gasteiger partial charge in [0.25, 0.3) is 0 Å². The lowest BCUT2D eigenvalue weighted by atomic mass is 10.1. The first-order valence-corrected chi connectivity index (χ1v) is 10.1. The number of benzene rings is 2. The van der Waals surface area contributed by atoms with E-state index in [-0.39, 0.29) is 30.8 Å². The van der Waals surface area contributed by atoms with Crippen molar-refractivity contribution in [3.8, 4) is 5.75 Å². The molecule has 0 heterocycles. The molecule has 0 unspecified atom stereocenters. The van der Waals surface area contributed by atoms with Crippen molar-refractivity contribution in [3.05, 3.63) is 63.6 Å². The van der Waals surface area contributed by atoms with E-state index in [9.17, 15) is 9.59 Å². The number of carbonyl (C=O) groups excluding carboxylic acids is 2. The molecule has 2 rings (SSSR count). The summed E-state index contributed by atoms with van der Waals surface area (Å²) in [4.78, 5) is 27.4. The van der Waals surface area contributed by atoms with E-state index >= 15 is 0 Å². The first-order valence-electron chi connectivity index (χ1n) is 9.38. The average Bonchev–Trinajstić information content (AvgIpc) is 2.68. The number of hydrogen-bond acceptors (Lipinski definition) is 3. The lowest BCUT2D eigenvalue weighted by Gasteiger charge is -2.29. The van der Waals surface area contributed by atoms with Crippen molar-refractivity contribution < 1.29 is 14.3 Å². The Morgan fingerprint density at radius 3 is 2.28 bits per heavy atom. The molecule has 0 radical (unpaired) electrons. The summed E-state index contributed by atoms with van der Waals surface area (Å²) in [7, 11) is 1.58. The van der Waals surface area contributed by atoms with Crippen LogP contribution in [0.25, 0.3) is 0 Å². The van der Waals surface area contributed by atoms with Crippen LogP contribution in [0.2, 0.25) is 10.0 Å². The quantitative estimate of drug-likeness (QED) is 0.662. The highest BCUT2D eigenvalue weighted by atomic mass is 35.5. The zero-order chi connectivity index (χ0) is 21.6. The van der Waals surface area contributed by atoms with Gasteiger partial charge in [0.05, 0.1) is 13.5 Å². The number of ether oxygens (including phenoxy) is 1. The second-order valence-electron chi connectivity index (χ2n) is 7.09. The van der Waals surface area contributed by atoms with E-state index in [1.54, 1.807) is 32.2 Å². The van der Waals surface area contributed by atoms with Crippen LogP contribution in [0.15, 0.2) is 42.5 Å². The summed E-state index contributed by atoms with van der Waals surface area (Å²) in [5, 5.41) is 3.71. The predicted octanol–water partition coefficient (Wildman–Crippen LogP) is 4.49. The number of nitrogens with zero attached hydrogens (tertiary/aromatic N) is 1. The number of amides is 2. The van der Waals surface area contributed by atoms with Gasteiger partial charge < -0.3 is 15.0 Å². The van der Waals surface area contributed by atoms with E-state index in [0.29, 0.717) is 21.4 Å². The van der Waals surface area contributed by atoms with Crippen molar-refractivity contribution in [2.75, 3.05) is 7.11 Å². The van der Waals surface area contributed by atoms with Crippen LogP contribution in [-0.4, -0.2) is 35.9 Å². The molecule has 2 aromatic rings. The fourth-order valence-electron chi connectivity index (χ4n) is 2.91. The number of carbonyl (C=O) groups is 2. The van der Waals surface area contributed by atoms with Crippen molar-refractivity contribution in [1.82, 2.24) is 10.2 Å². The van der Waals surface area contributed by atoms with Gasteiger partial charge in [0.1, 0.15) is 11.8 Å². The van der Waals surface area contributed by atoms with Crippen LogP contribution in [0.3, 0.4) is 0 Å². The molecule has 1 atom stereocenters. The molecule has 0 saturated heterocycles. The van der Waals surface area contributed by atoms with Gasteiger partial charge in [-0.1, -0.05) is 41.4 Å². The largest absolute Gasteiger partial charge is 0.497 e. The molecule has 0 aliphatic rings. The second kappa shape index (κ2) is 10.5. The zero-order valence-corrected chi connectivity index (χ0v) is 18.6. The van der Waals surface area contributed by atoms with Crippen molar-refractivity contribution >= 4 is 35.0 Å². The first kappa shape index (κ1) is 23.0. The number of rotatable bonds is 8. The van der Waals surface area contributed by atoms with Crippen LogP contribution in [0.1, 0.15) is 31.9 Å². The Hall–Kier alpha value is -2.24. The Balaban J connectivity index is 2.32. The van der Waals surface area contributed by atoms with Gasteiger partial charge in [-0.25, -0.2) is 0 Å². The monoisotopic (exact) mass is 436 g/mol. The topological polar surface area (TPSA) is 58.6 Å². The number of methoxy groups -OCH3 is 1. The molecule has 2 aromatic carbocycles. The molecule has 29 heavy (non-hydrogen) atoms. The highest BCUT2D eigenvalue weighted by Crippen LogP contribution is 2.26. The third kappa shape index (κ3) is 6.38. The van der Waals surface area contributed by atoms with Crippen LogP contribution in [0, 0.1) is 0 Å². The maximum atomic E-state index is 13.2. The Labute approximate surface area is 181 Å². The van der Waals surface area contributed by atoms with Crippen LogP contribution in [0.4, 0.5) is 0 Å². The fourth-order valence-corrected chi connectivity index (χ4v) is 3.44. The van der Waals surface area contributed by atoms with Crippen LogP contribution in [-0.2, 0) is 22.6 Å². The van der Waals surface area contributed by atoms with E-state index in [4.69, 9.17) is 27.9 Å². The third-order valence-corrected chi connectivity index (χ3v) is 5.18. The van der Waals surface area contributed by atoms with Crippen molar-refractivity contribution in [1.29, 1.82) is 0 Å². The van der Waals surface area contributed by atoms with Gasteiger partial charge in [0.2, 0.25) is 11.8 Å². The summed E-state index contributed by atoms with van der Waals surface area (Å²) in [6.07, 6.45) is 0.00176. The summed E-state index contributed by atoms with van der Waals surface area (Å²) in [6.45, 7) is 5.72. The molecule has 0 aromatic heterocycles. The van der Waals surface area contributed by atoms with Gasteiger partial charge in [-0.3, -0.25) is 9.59 Å². The molecular formula is C22H26Cl2N2O3. The van der Waals surface area contributed by atoms with E-state index in [1.807, 2.05) is 38.1 Å². The van der Waals surface area contributed by atoms with E-state index < -0.39 is 6.04 Å². The van der Waals surface area contributed by atoms with Gasteiger partial charge in [-0.05, 0) is 56.2 Å². The third-order valence-electron chi connectivity index (χ3n) is 4.47. The summed E-state index contributed by atoms with van der Waals surface area (Å²) in [5.74, 6) is 0.221. The molecule has 0 aliphatic heterocycles. The SMILES string of the molecule is COc1cccc(CN(C(=O)Cc2c(Cl)cccc2Cl)[C@@H](C)C(=O)NC(C)C)c1. The molecule has 0 saturated carbocycles. The smallest absolute Gasteiger partial charge is 0.242 e. The Morgan fingerprint density at radius 2 is 1.69 bits per heavy atom. The van der Waals surface area contributed by atoms with Gasteiger partial charge in [0, 0.05) is 22.6 Å². The number of hydrogen-bond donors (Lipinski definition) is 1. The maximum absolute atomic E-state index is 13.2. The van der Waals surface area contributed by atoms with Gasteiger partial charge in [0.15, 0.2) is 0 Å². The lowest BCUT2D eigenvalue weighted by molar-refractivity contribution is -0.140. The molecule has 0 aliphatic carbocycles. The number of halogens is 2. The molecule has 2 amide bonds. The summed E-state index contributed by atoms with van der Waals surface area (Å²) in [5.41, 5.74) is 1.40. The second-order valence-corrected chi connectivity index (χ2v) is 7.90. The molecule has 0 bridgehead atoms. The lowest BCUT2D eigenvalue weighted by Crippen LogP contribution is -2.49. The van der Waals surface area contributed by atoms with Crippen LogP contribution in [0.5, 0.6) is 5.75 Å². The highest BCUT2D eigenvalue weighted by molar-refractivity contribution is 6.36. The van der Waals surface area contributed by atoms with Gasteiger partial charge >= 0.3 is 0 Å². The Kier molecular flexibility index (Phi) is 8.35. The fraction of sp³-hybridized carbons (Fsp3) is 0.364. The van der Waals surface area contributed by atoms with Gasteiger partial charge in [-0.15, -0.1) is 0 Å².